The summed E-state index contributed by atoms with van der Waals surface area (Å²) < 4.78 is 0. The number of nitrogens with zero attached hydrogens (tertiary/aromatic N) is 1. The van der Waals surface area contributed by atoms with Gasteiger partial charge in [-0.05, 0) is 38.1 Å². The molecule has 0 aromatic carbocycles. The monoisotopic (exact) mass is 291 g/mol. The first-order valence-electron chi connectivity index (χ1n) is 7.19. The highest BCUT2D eigenvalue weighted by atomic mass is 35.5. The van der Waals surface area contributed by atoms with Gasteiger partial charge in [0.25, 0.3) is 0 Å². The molecule has 3 N–H and O–H groups in total. The molecule has 1 aliphatic heterocycles. The summed E-state index contributed by atoms with van der Waals surface area (Å²) in [7, 11) is 0. The van der Waals surface area contributed by atoms with Crippen LogP contribution in [0.2, 0.25) is 0 Å². The van der Waals surface area contributed by atoms with Gasteiger partial charge in [0.2, 0.25) is 5.91 Å². The number of rotatable bonds is 5. The quantitative estimate of drug-likeness (QED) is 0.809. The third kappa shape index (κ3) is 6.11. The van der Waals surface area contributed by atoms with Gasteiger partial charge in [-0.1, -0.05) is 20.8 Å². The molecule has 4 nitrogen and oxygen atoms in total. The molecule has 0 bridgehead atoms. The second-order valence-corrected chi connectivity index (χ2v) is 6.11. The molecule has 5 heteroatoms. The lowest BCUT2D eigenvalue weighted by molar-refractivity contribution is -0.123. The topological polar surface area (TPSA) is 58.4 Å². The molecule has 0 aromatic rings. The third-order valence-corrected chi connectivity index (χ3v) is 3.90. The molecule has 1 heterocycles. The largest absolute Gasteiger partial charge is 0.353 e. The SMILES string of the molecule is CC1CCCN(C(C)CNC(=O)[C@@H](N)C(C)C)C1.Cl. The van der Waals surface area contributed by atoms with Crippen LogP contribution in [0.4, 0.5) is 0 Å². The lowest BCUT2D eigenvalue weighted by atomic mass is 9.99. The summed E-state index contributed by atoms with van der Waals surface area (Å²) in [6.07, 6.45) is 2.60. The second kappa shape index (κ2) is 8.77. The molecule has 1 rings (SSSR count). The maximum Gasteiger partial charge on any atom is 0.237 e. The van der Waals surface area contributed by atoms with Crippen molar-refractivity contribution in [1.82, 2.24) is 10.2 Å². The van der Waals surface area contributed by atoms with Crippen molar-refractivity contribution in [3.8, 4) is 0 Å². The summed E-state index contributed by atoms with van der Waals surface area (Å²) in [6.45, 7) is 11.4. The maximum atomic E-state index is 11.8. The van der Waals surface area contributed by atoms with Gasteiger partial charge >= 0.3 is 0 Å². The predicted octanol–water partition coefficient (Wildman–Crippen LogP) is 1.63. The fourth-order valence-electron chi connectivity index (χ4n) is 2.42. The first-order valence-corrected chi connectivity index (χ1v) is 7.19. The number of amides is 1. The predicted molar refractivity (Wildman–Crippen MR) is 82.5 cm³/mol. The Bertz CT molecular complexity index is 273. The second-order valence-electron chi connectivity index (χ2n) is 6.11. The van der Waals surface area contributed by atoms with Gasteiger partial charge in [0.1, 0.15) is 0 Å². The van der Waals surface area contributed by atoms with E-state index in [1.54, 1.807) is 0 Å². The van der Waals surface area contributed by atoms with Gasteiger partial charge in [0.15, 0.2) is 0 Å². The first-order chi connectivity index (χ1) is 8.41. The Balaban J connectivity index is 0.00000324. The molecule has 1 fully saturated rings. The van der Waals surface area contributed by atoms with Crippen molar-refractivity contribution in [2.75, 3.05) is 19.6 Å². The van der Waals surface area contributed by atoms with E-state index in [0.29, 0.717) is 12.6 Å². The summed E-state index contributed by atoms with van der Waals surface area (Å²) in [5, 5.41) is 2.97. The fourth-order valence-corrected chi connectivity index (χ4v) is 2.42. The lowest BCUT2D eigenvalue weighted by Gasteiger charge is -2.35. The zero-order valence-corrected chi connectivity index (χ0v) is 13.5. The van der Waals surface area contributed by atoms with Crippen LogP contribution in [0.3, 0.4) is 0 Å². The van der Waals surface area contributed by atoms with Crippen LogP contribution in [-0.2, 0) is 4.79 Å². The number of hydrogen-bond donors (Lipinski definition) is 2. The van der Waals surface area contributed by atoms with Crippen LogP contribution < -0.4 is 11.1 Å². The first kappa shape index (κ1) is 18.7. The van der Waals surface area contributed by atoms with Gasteiger partial charge < -0.3 is 11.1 Å². The van der Waals surface area contributed by atoms with Gasteiger partial charge in [0, 0.05) is 19.1 Å². The number of likely N-dealkylation sites (tertiary alicyclic amines) is 1. The van der Waals surface area contributed by atoms with E-state index in [1.165, 1.54) is 12.8 Å². The maximum absolute atomic E-state index is 11.8. The molecule has 0 saturated carbocycles. The molecule has 0 spiro atoms. The zero-order valence-electron chi connectivity index (χ0n) is 12.7. The number of nitrogens with one attached hydrogen (secondary N) is 1. The minimum atomic E-state index is -0.391. The molecule has 1 saturated heterocycles. The van der Waals surface area contributed by atoms with E-state index in [9.17, 15) is 4.79 Å². The highest BCUT2D eigenvalue weighted by Crippen LogP contribution is 2.17. The van der Waals surface area contributed by atoms with Crippen molar-refractivity contribution in [3.63, 3.8) is 0 Å². The van der Waals surface area contributed by atoms with Crippen molar-refractivity contribution in [3.05, 3.63) is 0 Å². The number of carbonyl (C=O) groups is 1. The van der Waals surface area contributed by atoms with Gasteiger partial charge in [0.05, 0.1) is 6.04 Å². The normalized spacial score (nSPS) is 23.6. The van der Waals surface area contributed by atoms with Crippen molar-refractivity contribution < 1.29 is 4.79 Å². The third-order valence-electron chi connectivity index (χ3n) is 3.90. The summed E-state index contributed by atoms with van der Waals surface area (Å²) in [4.78, 5) is 14.2. The summed E-state index contributed by atoms with van der Waals surface area (Å²) in [5.74, 6) is 0.937. The molecule has 19 heavy (non-hydrogen) atoms. The Kier molecular flexibility index (Phi) is 8.62. The van der Waals surface area contributed by atoms with Gasteiger partial charge in [-0.25, -0.2) is 0 Å². The molecule has 0 aromatic heterocycles. The Morgan fingerprint density at radius 1 is 1.42 bits per heavy atom. The van der Waals surface area contributed by atoms with Crippen molar-refractivity contribution in [2.45, 2.75) is 52.6 Å². The van der Waals surface area contributed by atoms with E-state index in [2.05, 4.69) is 24.1 Å². The zero-order chi connectivity index (χ0) is 13.7. The van der Waals surface area contributed by atoms with Gasteiger partial charge in [-0.3, -0.25) is 9.69 Å². The number of nitrogens with two attached hydrogens (primary N) is 1. The Morgan fingerprint density at radius 3 is 2.58 bits per heavy atom. The van der Waals surface area contributed by atoms with Crippen LogP contribution in [0.5, 0.6) is 0 Å². The van der Waals surface area contributed by atoms with Crippen molar-refractivity contribution in [1.29, 1.82) is 0 Å². The summed E-state index contributed by atoms with van der Waals surface area (Å²) >= 11 is 0. The summed E-state index contributed by atoms with van der Waals surface area (Å²) in [6, 6.07) is 0.00791. The molecular weight excluding hydrogens is 262 g/mol. The molecule has 3 atom stereocenters. The summed E-state index contributed by atoms with van der Waals surface area (Å²) in [5.41, 5.74) is 5.82. The van der Waals surface area contributed by atoms with E-state index in [-0.39, 0.29) is 24.2 Å². The van der Waals surface area contributed by atoms with Gasteiger partial charge in [-0.2, -0.15) is 0 Å². The van der Waals surface area contributed by atoms with E-state index in [0.717, 1.165) is 19.0 Å². The Hall–Kier alpha value is -0.320. The fraction of sp³-hybridized carbons (Fsp3) is 0.929. The lowest BCUT2D eigenvalue weighted by Crippen LogP contribution is -2.50. The van der Waals surface area contributed by atoms with Crippen LogP contribution in [0.15, 0.2) is 0 Å². The molecule has 1 aliphatic rings. The minimum Gasteiger partial charge on any atom is -0.353 e. The van der Waals surface area contributed by atoms with E-state index in [4.69, 9.17) is 5.73 Å². The smallest absolute Gasteiger partial charge is 0.237 e. The highest BCUT2D eigenvalue weighted by molar-refractivity contribution is 5.85. The molecule has 0 aliphatic carbocycles. The average molecular weight is 292 g/mol. The van der Waals surface area contributed by atoms with Crippen LogP contribution in [0, 0.1) is 11.8 Å². The van der Waals surface area contributed by atoms with E-state index >= 15 is 0 Å². The van der Waals surface area contributed by atoms with Crippen LogP contribution in [0.25, 0.3) is 0 Å². The highest BCUT2D eigenvalue weighted by Gasteiger charge is 2.22. The van der Waals surface area contributed by atoms with Crippen molar-refractivity contribution in [2.24, 2.45) is 17.6 Å². The minimum absolute atomic E-state index is 0. The van der Waals surface area contributed by atoms with Crippen LogP contribution in [0.1, 0.15) is 40.5 Å². The molecule has 114 valence electrons. The molecule has 2 unspecified atom stereocenters. The number of piperidine rings is 1. The molecular formula is C14H30ClN3O. The number of hydrogen-bond acceptors (Lipinski definition) is 3. The van der Waals surface area contributed by atoms with Crippen LogP contribution >= 0.6 is 12.4 Å². The van der Waals surface area contributed by atoms with E-state index < -0.39 is 6.04 Å². The van der Waals surface area contributed by atoms with E-state index in [1.807, 2.05) is 13.8 Å². The average Bonchev–Trinajstić information content (AvgIpc) is 2.34. The van der Waals surface area contributed by atoms with Crippen LogP contribution in [-0.4, -0.2) is 42.5 Å². The van der Waals surface area contributed by atoms with Gasteiger partial charge in [-0.15, -0.1) is 12.4 Å². The standard InChI is InChI=1S/C14H29N3O.ClH/c1-10(2)13(15)14(18)16-8-12(4)17-7-5-6-11(3)9-17;/h10-13H,5-9,15H2,1-4H3,(H,16,18);1H/t11?,12?,13-;/m0./s1. The number of carbonyl (C=O) groups excluding carboxylic acids is 1. The molecule has 0 radical (unpaired) electrons. The van der Waals surface area contributed by atoms with Crippen molar-refractivity contribution >= 4 is 18.3 Å². The Labute approximate surface area is 123 Å². The molecule has 1 amide bonds. The number of halogens is 1. The Morgan fingerprint density at radius 2 is 2.05 bits per heavy atom.